The lowest BCUT2D eigenvalue weighted by Crippen LogP contribution is -2.01. The van der Waals surface area contributed by atoms with Gasteiger partial charge in [-0.1, -0.05) is 97.1 Å². The highest BCUT2D eigenvalue weighted by molar-refractivity contribution is 6.11. The molecule has 0 aliphatic heterocycles. The normalized spacial score (nSPS) is 11.1. The zero-order valence-corrected chi connectivity index (χ0v) is 26.7. The average Bonchev–Trinajstić information content (AvgIpc) is 3.69. The molecule has 0 saturated heterocycles. The van der Waals surface area contributed by atoms with E-state index in [2.05, 4.69) is 88.0 Å². The van der Waals surface area contributed by atoms with E-state index in [1.165, 1.54) is 0 Å². The molecule has 0 radical (unpaired) electrons. The minimum Gasteiger partial charge on any atom is -0.309 e. The summed E-state index contributed by atoms with van der Waals surface area (Å²) < 4.78 is 4.34. The first-order chi connectivity index (χ1) is 24.7. The molecule has 2 aromatic heterocycles. The first kappa shape index (κ1) is 28.8. The molecule has 0 saturated carbocycles. The lowest BCUT2D eigenvalue weighted by atomic mass is 9.92. The maximum absolute atomic E-state index is 10.6. The van der Waals surface area contributed by atoms with Gasteiger partial charge < -0.3 is 9.13 Å². The van der Waals surface area contributed by atoms with Gasteiger partial charge in [0.15, 0.2) is 0 Å². The fourth-order valence-corrected chi connectivity index (χ4v) is 7.50. The summed E-state index contributed by atoms with van der Waals surface area (Å²) in [6.45, 7) is 0. The maximum Gasteiger partial charge on any atom is 0.103 e. The molecular formula is C45H25N5. The fourth-order valence-electron chi connectivity index (χ4n) is 7.50. The third-order valence-electron chi connectivity index (χ3n) is 9.66. The number of fused-ring (bicyclic) bond motifs is 6. The Hall–Kier alpha value is -7.39. The number of nitrogens with zero attached hydrogens (tertiary/aromatic N) is 5. The highest BCUT2D eigenvalue weighted by Crippen LogP contribution is 2.39. The summed E-state index contributed by atoms with van der Waals surface area (Å²) in [7, 11) is 0. The Morgan fingerprint density at radius 2 is 0.900 bits per heavy atom. The van der Waals surface area contributed by atoms with Gasteiger partial charge in [-0.15, -0.1) is 0 Å². The molecule has 0 fully saturated rings. The molecule has 50 heavy (non-hydrogen) atoms. The summed E-state index contributed by atoms with van der Waals surface area (Å²) in [6.07, 6.45) is 0. The van der Waals surface area contributed by atoms with Gasteiger partial charge in [0.2, 0.25) is 0 Å². The summed E-state index contributed by atoms with van der Waals surface area (Å²) >= 11 is 0. The molecule has 0 aliphatic carbocycles. The van der Waals surface area contributed by atoms with Crippen LogP contribution in [0.4, 0.5) is 0 Å². The van der Waals surface area contributed by atoms with Crippen LogP contribution in [-0.2, 0) is 0 Å². The minimum absolute atomic E-state index is 0.337. The van der Waals surface area contributed by atoms with Gasteiger partial charge in [0.1, 0.15) is 12.1 Å². The summed E-state index contributed by atoms with van der Waals surface area (Å²) in [4.78, 5) is 0. The lowest BCUT2D eigenvalue weighted by molar-refractivity contribution is 1.16. The standard InChI is InChI=1S/C45H25N5/c46-26-29-20-22-44-37(24-29)36-15-4-8-19-43(36)49(44)40-16-5-1-12-33(40)31-11-9-10-30(25-31)32-21-23-45(39(28-48)38(32)27-47)50-41-17-6-2-13-34(41)35-14-3-7-18-42(35)50/h1-25H. The summed E-state index contributed by atoms with van der Waals surface area (Å²) in [5.74, 6) is 0. The maximum atomic E-state index is 10.6. The van der Waals surface area contributed by atoms with Gasteiger partial charge in [-0.25, -0.2) is 0 Å². The molecule has 0 amide bonds. The molecule has 0 N–H and O–H groups in total. The van der Waals surface area contributed by atoms with Crippen molar-refractivity contribution in [1.29, 1.82) is 15.8 Å². The Bertz CT molecular complexity index is 2920. The predicted octanol–water partition coefficient (Wildman–Crippen LogP) is 10.8. The number of benzene rings is 7. The predicted molar refractivity (Wildman–Crippen MR) is 200 cm³/mol. The van der Waals surface area contributed by atoms with E-state index in [1.807, 2.05) is 91.0 Å². The molecule has 7 aromatic carbocycles. The first-order valence-corrected chi connectivity index (χ1v) is 16.3. The quantitative estimate of drug-likeness (QED) is 0.193. The van der Waals surface area contributed by atoms with E-state index in [1.54, 1.807) is 0 Å². The SMILES string of the molecule is N#Cc1ccc2c(c1)c1ccccc1n2-c1ccccc1-c1cccc(-c2ccc(-n3c4ccccc4c4ccccc43)c(C#N)c2C#N)c1. The Morgan fingerprint density at radius 1 is 0.360 bits per heavy atom. The number of hydrogen-bond donors (Lipinski definition) is 0. The van der Waals surface area contributed by atoms with Crippen molar-refractivity contribution in [2.75, 3.05) is 0 Å². The van der Waals surface area contributed by atoms with Crippen LogP contribution >= 0.6 is 0 Å². The average molecular weight is 636 g/mol. The molecule has 0 bridgehead atoms. The third kappa shape index (κ3) is 4.24. The van der Waals surface area contributed by atoms with Crippen LogP contribution in [0.1, 0.15) is 16.7 Å². The van der Waals surface area contributed by atoms with E-state index in [4.69, 9.17) is 0 Å². The Balaban J connectivity index is 1.23. The molecule has 5 nitrogen and oxygen atoms in total. The van der Waals surface area contributed by atoms with Crippen molar-refractivity contribution < 1.29 is 0 Å². The van der Waals surface area contributed by atoms with Gasteiger partial charge in [-0.05, 0) is 65.7 Å². The van der Waals surface area contributed by atoms with Gasteiger partial charge in [-0.3, -0.25) is 0 Å². The van der Waals surface area contributed by atoms with Gasteiger partial charge in [0.05, 0.1) is 56.2 Å². The van der Waals surface area contributed by atoms with Gasteiger partial charge in [-0.2, -0.15) is 15.8 Å². The molecule has 0 unspecified atom stereocenters. The Kier molecular flexibility index (Phi) is 6.56. The van der Waals surface area contributed by atoms with Crippen molar-refractivity contribution >= 4 is 43.6 Å². The molecule has 230 valence electrons. The highest BCUT2D eigenvalue weighted by Gasteiger charge is 2.21. The zero-order chi connectivity index (χ0) is 33.8. The van der Waals surface area contributed by atoms with Gasteiger partial charge >= 0.3 is 0 Å². The fraction of sp³-hybridized carbons (Fsp3) is 0. The molecule has 0 aliphatic rings. The van der Waals surface area contributed by atoms with Crippen molar-refractivity contribution in [2.45, 2.75) is 0 Å². The molecular weight excluding hydrogens is 611 g/mol. The van der Waals surface area contributed by atoms with Crippen molar-refractivity contribution in [2.24, 2.45) is 0 Å². The summed E-state index contributed by atoms with van der Waals surface area (Å²) in [5.41, 5.74) is 10.5. The van der Waals surface area contributed by atoms with E-state index in [-0.39, 0.29) is 0 Å². The van der Waals surface area contributed by atoms with Crippen LogP contribution in [0.5, 0.6) is 0 Å². The van der Waals surface area contributed by atoms with E-state index in [9.17, 15) is 15.8 Å². The van der Waals surface area contributed by atoms with E-state index in [0.29, 0.717) is 27.9 Å². The Labute approximate surface area is 287 Å². The number of nitriles is 3. The first-order valence-electron chi connectivity index (χ1n) is 16.3. The smallest absolute Gasteiger partial charge is 0.103 e. The van der Waals surface area contributed by atoms with Crippen LogP contribution in [0.25, 0.3) is 77.2 Å². The second-order valence-electron chi connectivity index (χ2n) is 12.3. The zero-order valence-electron chi connectivity index (χ0n) is 26.7. The monoisotopic (exact) mass is 635 g/mol. The van der Waals surface area contributed by atoms with Crippen LogP contribution in [0, 0.1) is 34.0 Å². The number of rotatable bonds is 4. The molecule has 9 aromatic rings. The van der Waals surface area contributed by atoms with Crippen molar-refractivity contribution in [3.63, 3.8) is 0 Å². The molecule has 9 rings (SSSR count). The topological polar surface area (TPSA) is 81.2 Å². The second-order valence-corrected chi connectivity index (χ2v) is 12.3. The van der Waals surface area contributed by atoms with Gasteiger partial charge in [0, 0.05) is 32.7 Å². The van der Waals surface area contributed by atoms with Crippen molar-refractivity contribution in [3.05, 3.63) is 168 Å². The minimum atomic E-state index is 0.337. The van der Waals surface area contributed by atoms with Crippen LogP contribution in [0.2, 0.25) is 0 Å². The highest BCUT2D eigenvalue weighted by atomic mass is 15.0. The van der Waals surface area contributed by atoms with E-state index < -0.39 is 0 Å². The molecule has 5 heteroatoms. The van der Waals surface area contributed by atoms with Gasteiger partial charge in [0.25, 0.3) is 0 Å². The summed E-state index contributed by atoms with van der Waals surface area (Å²) in [5, 5.41) is 35.1. The second kappa shape index (κ2) is 11.4. The largest absolute Gasteiger partial charge is 0.309 e. The summed E-state index contributed by atoms with van der Waals surface area (Å²) in [6, 6.07) is 57.8. The van der Waals surface area contributed by atoms with Crippen molar-refractivity contribution in [1.82, 2.24) is 9.13 Å². The third-order valence-corrected chi connectivity index (χ3v) is 9.66. The van der Waals surface area contributed by atoms with Crippen molar-refractivity contribution in [3.8, 4) is 51.8 Å². The number of aromatic nitrogens is 2. The lowest BCUT2D eigenvalue weighted by Gasteiger charge is -2.16. The van der Waals surface area contributed by atoms with Crippen LogP contribution in [-0.4, -0.2) is 9.13 Å². The molecule has 0 atom stereocenters. The van der Waals surface area contributed by atoms with E-state index in [0.717, 1.165) is 66.0 Å². The molecule has 0 spiro atoms. The number of hydrogen-bond acceptors (Lipinski definition) is 3. The Morgan fingerprint density at radius 3 is 1.54 bits per heavy atom. The van der Waals surface area contributed by atoms with Crippen LogP contribution in [0.3, 0.4) is 0 Å². The van der Waals surface area contributed by atoms with Crippen LogP contribution < -0.4 is 0 Å². The van der Waals surface area contributed by atoms with Crippen LogP contribution in [0.15, 0.2) is 152 Å². The van der Waals surface area contributed by atoms with E-state index >= 15 is 0 Å². The molecule has 2 heterocycles. The number of para-hydroxylation sites is 4.